The molecule has 0 aliphatic carbocycles. The summed E-state index contributed by atoms with van der Waals surface area (Å²) in [5.74, 6) is 1.34. The summed E-state index contributed by atoms with van der Waals surface area (Å²) in [6.45, 7) is 0.498. The molecular formula is C18H20N2O3S. The van der Waals surface area contributed by atoms with Crippen LogP contribution in [0.25, 0.3) is 10.2 Å². The van der Waals surface area contributed by atoms with Gasteiger partial charge in [0.15, 0.2) is 11.5 Å². The molecule has 126 valence electrons. The number of hydrogen-bond donors (Lipinski definition) is 0. The summed E-state index contributed by atoms with van der Waals surface area (Å²) in [6, 6.07) is 9.67. The third kappa shape index (κ3) is 2.85. The minimum atomic E-state index is -0.00400. The fourth-order valence-electron chi connectivity index (χ4n) is 2.78. The van der Waals surface area contributed by atoms with Crippen molar-refractivity contribution < 1.29 is 14.3 Å². The third-order valence-corrected chi connectivity index (χ3v) is 4.95. The van der Waals surface area contributed by atoms with E-state index < -0.39 is 0 Å². The predicted octanol–water partition coefficient (Wildman–Crippen LogP) is 3.53. The van der Waals surface area contributed by atoms with E-state index in [1.54, 1.807) is 37.5 Å². The lowest BCUT2D eigenvalue weighted by Gasteiger charge is -2.18. The van der Waals surface area contributed by atoms with Gasteiger partial charge < -0.3 is 18.9 Å². The van der Waals surface area contributed by atoms with Crippen molar-refractivity contribution in [3.8, 4) is 11.5 Å². The van der Waals surface area contributed by atoms with E-state index in [4.69, 9.17) is 9.47 Å². The molecule has 24 heavy (non-hydrogen) atoms. The van der Waals surface area contributed by atoms with Crippen LogP contribution in [0.1, 0.15) is 16.1 Å². The summed E-state index contributed by atoms with van der Waals surface area (Å²) in [6.07, 6.45) is 0. The highest BCUT2D eigenvalue weighted by atomic mass is 32.1. The van der Waals surface area contributed by atoms with Gasteiger partial charge in [-0.05, 0) is 35.2 Å². The summed E-state index contributed by atoms with van der Waals surface area (Å²) >= 11 is 1.64. The Hall–Kier alpha value is -2.47. The zero-order valence-electron chi connectivity index (χ0n) is 14.2. The Balaban J connectivity index is 1.81. The number of carbonyl (C=O) groups excluding carboxylic acids is 1. The molecule has 1 amide bonds. The quantitative estimate of drug-likeness (QED) is 0.711. The lowest BCUT2D eigenvalue weighted by atomic mass is 10.2. The second-order valence-corrected chi connectivity index (χ2v) is 6.56. The first kappa shape index (κ1) is 16.4. The molecule has 5 nitrogen and oxygen atoms in total. The van der Waals surface area contributed by atoms with Crippen molar-refractivity contribution in [1.82, 2.24) is 9.47 Å². The number of aryl methyl sites for hydroxylation is 1. The Labute approximate surface area is 145 Å². The topological polar surface area (TPSA) is 43.7 Å². The van der Waals surface area contributed by atoms with Crippen LogP contribution < -0.4 is 9.47 Å². The van der Waals surface area contributed by atoms with Gasteiger partial charge in [0, 0.05) is 20.6 Å². The van der Waals surface area contributed by atoms with E-state index in [-0.39, 0.29) is 5.91 Å². The normalized spacial score (nSPS) is 10.8. The summed E-state index contributed by atoms with van der Waals surface area (Å²) in [4.78, 5) is 14.5. The standard InChI is InChI=1S/C18H20N2O3S/c1-19(11-12-5-6-15(22-3)16(9-12)23-4)18(21)14-10-17-13(20(14)2)7-8-24-17/h5-10H,11H2,1-4H3. The number of aromatic nitrogens is 1. The second-order valence-electron chi connectivity index (χ2n) is 5.61. The van der Waals surface area contributed by atoms with Gasteiger partial charge in [-0.25, -0.2) is 0 Å². The molecule has 0 unspecified atom stereocenters. The molecule has 0 spiro atoms. The van der Waals surface area contributed by atoms with Gasteiger partial charge in [-0.1, -0.05) is 6.07 Å². The number of nitrogens with zero attached hydrogens (tertiary/aromatic N) is 2. The molecule has 3 rings (SSSR count). The van der Waals surface area contributed by atoms with Gasteiger partial charge in [-0.15, -0.1) is 11.3 Å². The van der Waals surface area contributed by atoms with E-state index in [1.807, 2.05) is 47.3 Å². The lowest BCUT2D eigenvalue weighted by Crippen LogP contribution is -2.27. The number of amides is 1. The Bertz CT molecular complexity index is 882. The molecule has 3 aromatic rings. The summed E-state index contributed by atoms with van der Waals surface area (Å²) in [7, 11) is 6.94. The van der Waals surface area contributed by atoms with Gasteiger partial charge in [0.2, 0.25) is 0 Å². The van der Waals surface area contributed by atoms with Crippen molar-refractivity contribution in [2.45, 2.75) is 6.54 Å². The fraction of sp³-hybridized carbons (Fsp3) is 0.278. The average molecular weight is 344 g/mol. The van der Waals surface area contributed by atoms with Gasteiger partial charge in [0.05, 0.1) is 24.4 Å². The highest BCUT2D eigenvalue weighted by Gasteiger charge is 2.18. The van der Waals surface area contributed by atoms with Crippen LogP contribution in [0, 0.1) is 0 Å². The molecule has 0 aliphatic heterocycles. The Kier molecular flexibility index (Phi) is 4.49. The predicted molar refractivity (Wildman–Crippen MR) is 96.1 cm³/mol. The zero-order valence-corrected chi connectivity index (χ0v) is 15.0. The zero-order chi connectivity index (χ0) is 17.3. The molecule has 2 heterocycles. The Morgan fingerprint density at radius 3 is 2.58 bits per heavy atom. The van der Waals surface area contributed by atoms with E-state index in [2.05, 4.69) is 0 Å². The van der Waals surface area contributed by atoms with E-state index in [0.717, 1.165) is 15.8 Å². The maximum Gasteiger partial charge on any atom is 0.270 e. The summed E-state index contributed by atoms with van der Waals surface area (Å²) in [5.41, 5.74) is 2.77. The van der Waals surface area contributed by atoms with Crippen LogP contribution in [0.2, 0.25) is 0 Å². The van der Waals surface area contributed by atoms with Gasteiger partial charge in [0.25, 0.3) is 5.91 Å². The van der Waals surface area contributed by atoms with Gasteiger partial charge >= 0.3 is 0 Å². The second kappa shape index (κ2) is 6.57. The first-order valence-corrected chi connectivity index (χ1v) is 8.42. The number of fused-ring (bicyclic) bond motifs is 1. The third-order valence-electron chi connectivity index (χ3n) is 4.10. The maximum absolute atomic E-state index is 12.8. The first-order chi connectivity index (χ1) is 11.5. The van der Waals surface area contributed by atoms with Crippen LogP contribution in [0.3, 0.4) is 0 Å². The molecule has 1 aromatic carbocycles. The Morgan fingerprint density at radius 1 is 1.17 bits per heavy atom. The number of methoxy groups -OCH3 is 2. The molecule has 0 saturated heterocycles. The number of rotatable bonds is 5. The molecule has 0 radical (unpaired) electrons. The first-order valence-electron chi connectivity index (χ1n) is 7.54. The lowest BCUT2D eigenvalue weighted by molar-refractivity contribution is 0.0776. The minimum Gasteiger partial charge on any atom is -0.493 e. The number of hydrogen-bond acceptors (Lipinski definition) is 4. The van der Waals surface area contributed by atoms with Crippen LogP contribution in [0.15, 0.2) is 35.7 Å². The molecule has 0 atom stereocenters. The van der Waals surface area contributed by atoms with E-state index >= 15 is 0 Å². The summed E-state index contributed by atoms with van der Waals surface area (Å²) < 4.78 is 13.6. The molecule has 0 saturated carbocycles. The van der Waals surface area contributed by atoms with Crippen LogP contribution in [0.4, 0.5) is 0 Å². The number of carbonyl (C=O) groups is 1. The van der Waals surface area contributed by atoms with E-state index in [0.29, 0.717) is 23.7 Å². The number of ether oxygens (including phenoxy) is 2. The van der Waals surface area contributed by atoms with Crippen molar-refractivity contribution in [2.24, 2.45) is 7.05 Å². The molecule has 0 fully saturated rings. The summed E-state index contributed by atoms with van der Waals surface area (Å²) in [5, 5.41) is 2.03. The van der Waals surface area contributed by atoms with E-state index in [9.17, 15) is 4.79 Å². The van der Waals surface area contributed by atoms with Crippen LogP contribution >= 0.6 is 11.3 Å². The molecule has 0 aliphatic rings. The molecule has 6 heteroatoms. The Morgan fingerprint density at radius 2 is 1.92 bits per heavy atom. The molecule has 0 bridgehead atoms. The SMILES string of the molecule is COc1ccc(CN(C)C(=O)c2cc3sccc3n2C)cc1OC. The van der Waals surface area contributed by atoms with Crippen molar-refractivity contribution in [3.05, 3.63) is 47.0 Å². The highest BCUT2D eigenvalue weighted by molar-refractivity contribution is 7.17. The van der Waals surface area contributed by atoms with Crippen LogP contribution in [-0.4, -0.2) is 36.6 Å². The number of thiophene rings is 1. The van der Waals surface area contributed by atoms with Crippen LogP contribution in [0.5, 0.6) is 11.5 Å². The molecule has 0 N–H and O–H groups in total. The van der Waals surface area contributed by atoms with Crippen molar-refractivity contribution in [3.63, 3.8) is 0 Å². The highest BCUT2D eigenvalue weighted by Crippen LogP contribution is 2.28. The van der Waals surface area contributed by atoms with Gasteiger partial charge in [-0.3, -0.25) is 4.79 Å². The van der Waals surface area contributed by atoms with Crippen molar-refractivity contribution >= 4 is 27.5 Å². The largest absolute Gasteiger partial charge is 0.493 e. The van der Waals surface area contributed by atoms with Gasteiger partial charge in [-0.2, -0.15) is 0 Å². The molecular weight excluding hydrogens is 324 g/mol. The van der Waals surface area contributed by atoms with Crippen molar-refractivity contribution in [1.29, 1.82) is 0 Å². The van der Waals surface area contributed by atoms with Gasteiger partial charge in [0.1, 0.15) is 5.69 Å². The monoisotopic (exact) mass is 344 g/mol. The smallest absolute Gasteiger partial charge is 0.270 e. The van der Waals surface area contributed by atoms with Crippen LogP contribution in [-0.2, 0) is 13.6 Å². The number of benzene rings is 1. The average Bonchev–Trinajstić information content (AvgIpc) is 3.17. The molecule has 2 aromatic heterocycles. The maximum atomic E-state index is 12.8. The fourth-order valence-corrected chi connectivity index (χ4v) is 3.62. The van der Waals surface area contributed by atoms with E-state index in [1.165, 1.54) is 0 Å². The minimum absolute atomic E-state index is 0.00400. The van der Waals surface area contributed by atoms with Crippen molar-refractivity contribution in [2.75, 3.05) is 21.3 Å².